The van der Waals surface area contributed by atoms with Crippen molar-refractivity contribution in [1.29, 1.82) is 0 Å². The molecule has 229 valence electrons. The molecule has 1 radical (unpaired) electrons. The van der Waals surface area contributed by atoms with Crippen molar-refractivity contribution >= 4 is 23.1 Å². The summed E-state index contributed by atoms with van der Waals surface area (Å²) in [4.78, 5) is 9.09. The third kappa shape index (κ3) is 5.91. The van der Waals surface area contributed by atoms with E-state index in [0.717, 1.165) is 61.9 Å². The number of fused-ring (bicyclic) bond motifs is 4. The van der Waals surface area contributed by atoms with Crippen LogP contribution in [-0.4, -0.2) is 16.7 Å². The fourth-order valence-electron chi connectivity index (χ4n) is 6.16. The van der Waals surface area contributed by atoms with Crippen LogP contribution in [0, 0.1) is 26.0 Å². The summed E-state index contributed by atoms with van der Waals surface area (Å²) in [6, 6.07) is 39.2. The van der Waals surface area contributed by atoms with Gasteiger partial charge in [-0.2, -0.15) is 0 Å². The topological polar surface area (TPSA) is 44.2 Å². The summed E-state index contributed by atoms with van der Waals surface area (Å²) >= 11 is 0. The second kappa shape index (κ2) is 12.7. The van der Waals surface area contributed by atoms with Gasteiger partial charge >= 0.3 is 0 Å². The number of aromatic nitrogens is 2. The fourth-order valence-corrected chi connectivity index (χ4v) is 6.16. The Morgan fingerprint density at radius 3 is 2.02 bits per heavy atom. The van der Waals surface area contributed by atoms with E-state index >= 15 is 0 Å². The van der Waals surface area contributed by atoms with E-state index in [1.54, 1.807) is 0 Å². The molecule has 0 spiro atoms. The third-order valence-electron chi connectivity index (χ3n) is 8.33. The van der Waals surface area contributed by atoms with Crippen molar-refractivity contribution in [2.45, 2.75) is 40.0 Å². The predicted octanol–water partition coefficient (Wildman–Crippen LogP) is 7.74. The molecular weight excluding hydrogens is 743 g/mol. The zero-order valence-electron chi connectivity index (χ0n) is 26.5. The van der Waals surface area contributed by atoms with E-state index in [2.05, 4.69) is 81.2 Å². The molecule has 0 saturated carbocycles. The maximum Gasteiger partial charge on any atom is 0.239 e. The van der Waals surface area contributed by atoms with E-state index in [-0.39, 0.29) is 32.2 Å². The summed E-state index contributed by atoms with van der Waals surface area (Å²) in [5, 5.41) is 0. The fraction of sp³-hybridized carbons (Fsp3) is 0.150. The average Bonchev–Trinajstić information content (AvgIpc) is 3.05. The molecule has 0 aliphatic carbocycles. The molecule has 4 nitrogen and oxygen atoms in total. The molecule has 2 aliphatic heterocycles. The summed E-state index contributed by atoms with van der Waals surface area (Å²) in [6.07, 6.45) is 3.83. The molecule has 46 heavy (non-hydrogen) atoms. The van der Waals surface area contributed by atoms with Crippen LogP contribution in [0.4, 0.5) is 0 Å². The van der Waals surface area contributed by atoms with Crippen LogP contribution in [-0.2, 0) is 25.5 Å². The van der Waals surface area contributed by atoms with Gasteiger partial charge in [-0.1, -0.05) is 86.4 Å². The van der Waals surface area contributed by atoms with Gasteiger partial charge < -0.3 is 19.4 Å². The Balaban J connectivity index is 0.000000223. The molecular formula is C40H33BIrN2O2-2. The van der Waals surface area contributed by atoms with Gasteiger partial charge in [0.1, 0.15) is 11.5 Å². The Morgan fingerprint density at radius 1 is 0.696 bits per heavy atom. The van der Waals surface area contributed by atoms with E-state index in [1.807, 2.05) is 80.0 Å². The summed E-state index contributed by atoms with van der Waals surface area (Å²) < 4.78 is 12.8. The standard InChI is InChI=1S/C28H23BNO2.C12H10N.Ir/c1-17-16-30-22(15-19(17)28(2,3)4)18-13-14-25-26-27(18)32-24-12-8-6-10-21(24)29(26)20-9-5-7-11-23(20)31-25;1-10-7-8-12(13-9-10)11-5-3-2-4-6-11;/h5-12,14-16H,1-4H3;2-5,7-9H,1H3;/q2*-1;. The van der Waals surface area contributed by atoms with Crippen LogP contribution in [0.15, 0.2) is 109 Å². The van der Waals surface area contributed by atoms with Gasteiger partial charge in [-0.25, -0.2) is 0 Å². The van der Waals surface area contributed by atoms with Gasteiger partial charge in [-0.05, 0) is 70.4 Å². The van der Waals surface area contributed by atoms with E-state index in [9.17, 15) is 0 Å². The number of para-hydroxylation sites is 2. The first-order valence-corrected chi connectivity index (χ1v) is 15.3. The minimum Gasteiger partial charge on any atom is -0.503 e. The summed E-state index contributed by atoms with van der Waals surface area (Å²) in [5.74, 6) is 3.34. The minimum atomic E-state index is 0. The molecule has 0 atom stereocenters. The molecule has 2 aliphatic rings. The van der Waals surface area contributed by atoms with Crippen molar-refractivity contribution in [3.05, 3.63) is 138 Å². The third-order valence-corrected chi connectivity index (χ3v) is 8.33. The van der Waals surface area contributed by atoms with Gasteiger partial charge in [0, 0.05) is 44.0 Å². The van der Waals surface area contributed by atoms with Crippen LogP contribution in [0.2, 0.25) is 0 Å². The molecule has 0 bridgehead atoms. The number of nitrogens with zero attached hydrogens (tertiary/aromatic N) is 2. The van der Waals surface area contributed by atoms with Crippen LogP contribution in [0.25, 0.3) is 22.5 Å². The van der Waals surface area contributed by atoms with Crippen molar-refractivity contribution in [1.82, 2.24) is 9.97 Å². The number of pyridine rings is 2. The van der Waals surface area contributed by atoms with Gasteiger partial charge in [0.2, 0.25) is 6.71 Å². The second-order valence-electron chi connectivity index (χ2n) is 12.6. The Morgan fingerprint density at radius 2 is 1.37 bits per heavy atom. The average molecular weight is 777 g/mol. The Hall–Kier alpha value is -4.51. The molecule has 0 saturated heterocycles. The molecule has 6 aromatic rings. The molecule has 0 unspecified atom stereocenters. The Kier molecular flexibility index (Phi) is 8.70. The van der Waals surface area contributed by atoms with Gasteiger partial charge in [-0.15, -0.1) is 48.0 Å². The Labute approximate surface area is 285 Å². The van der Waals surface area contributed by atoms with Crippen LogP contribution >= 0.6 is 0 Å². The summed E-state index contributed by atoms with van der Waals surface area (Å²) in [7, 11) is 0. The molecule has 0 fully saturated rings. The van der Waals surface area contributed by atoms with E-state index < -0.39 is 0 Å². The minimum absolute atomic E-state index is 0. The molecule has 2 aromatic heterocycles. The molecule has 8 rings (SSSR count). The van der Waals surface area contributed by atoms with Crippen LogP contribution in [0.3, 0.4) is 0 Å². The van der Waals surface area contributed by atoms with E-state index in [4.69, 9.17) is 14.5 Å². The van der Waals surface area contributed by atoms with E-state index in [0.29, 0.717) is 0 Å². The first kappa shape index (κ1) is 31.5. The van der Waals surface area contributed by atoms with Gasteiger partial charge in [0.15, 0.2) is 0 Å². The largest absolute Gasteiger partial charge is 0.503 e. The Bertz CT molecular complexity index is 2010. The molecule has 4 heterocycles. The predicted molar refractivity (Wildman–Crippen MR) is 183 cm³/mol. The van der Waals surface area contributed by atoms with Crippen molar-refractivity contribution in [3.8, 4) is 45.5 Å². The SMILES string of the molecule is Cc1ccc(-c2[c-]cccc2)nc1.Cc1cnc(-c2[c-]cc3c4c2Oc2ccccc2B4c2ccccc2O3)cc1C(C)(C)C.[Ir]. The second-order valence-corrected chi connectivity index (χ2v) is 12.6. The summed E-state index contributed by atoms with van der Waals surface area (Å²) in [5.41, 5.74) is 10.8. The monoisotopic (exact) mass is 777 g/mol. The van der Waals surface area contributed by atoms with Crippen LogP contribution in [0.5, 0.6) is 23.0 Å². The number of hydrogen-bond donors (Lipinski definition) is 0. The maximum absolute atomic E-state index is 6.53. The molecule has 0 N–H and O–H groups in total. The number of benzene rings is 4. The molecule has 4 aromatic carbocycles. The number of hydrogen-bond acceptors (Lipinski definition) is 4. The van der Waals surface area contributed by atoms with Crippen LogP contribution in [0.1, 0.15) is 37.5 Å². The number of aryl methyl sites for hydroxylation is 2. The van der Waals surface area contributed by atoms with Crippen LogP contribution < -0.4 is 25.9 Å². The molecule has 6 heteroatoms. The molecule has 0 amide bonds. The van der Waals surface area contributed by atoms with Crippen molar-refractivity contribution in [3.63, 3.8) is 0 Å². The normalized spacial score (nSPS) is 12.2. The smallest absolute Gasteiger partial charge is 0.239 e. The number of rotatable bonds is 2. The van der Waals surface area contributed by atoms with Gasteiger partial charge in [0.05, 0.1) is 0 Å². The zero-order chi connectivity index (χ0) is 31.1. The quantitative estimate of drug-likeness (QED) is 0.133. The van der Waals surface area contributed by atoms with Crippen molar-refractivity contribution in [2.24, 2.45) is 0 Å². The van der Waals surface area contributed by atoms with Crippen molar-refractivity contribution in [2.75, 3.05) is 0 Å². The van der Waals surface area contributed by atoms with Gasteiger partial charge in [-0.3, -0.25) is 0 Å². The van der Waals surface area contributed by atoms with Gasteiger partial charge in [0.25, 0.3) is 0 Å². The first-order chi connectivity index (χ1) is 21.8. The maximum atomic E-state index is 6.53. The first-order valence-electron chi connectivity index (χ1n) is 15.3. The number of ether oxygens (including phenoxy) is 2. The van der Waals surface area contributed by atoms with Crippen molar-refractivity contribution < 1.29 is 29.6 Å². The zero-order valence-corrected chi connectivity index (χ0v) is 28.9. The van der Waals surface area contributed by atoms with E-state index in [1.165, 1.54) is 16.7 Å². The summed E-state index contributed by atoms with van der Waals surface area (Å²) in [6.45, 7) is 10.9.